The van der Waals surface area contributed by atoms with Crippen LogP contribution in [0.25, 0.3) is 11.4 Å². The Balaban J connectivity index is 1.74. The second-order valence-corrected chi connectivity index (χ2v) is 8.66. The molecule has 2 unspecified atom stereocenters. The van der Waals surface area contributed by atoms with Crippen LogP contribution in [0.4, 0.5) is 0 Å². The van der Waals surface area contributed by atoms with Gasteiger partial charge in [0.2, 0.25) is 0 Å². The lowest BCUT2D eigenvalue weighted by Crippen LogP contribution is -2.32. The largest absolute Gasteiger partial charge is 0.281 e. The molecule has 122 valence electrons. The van der Waals surface area contributed by atoms with Gasteiger partial charge in [-0.25, -0.2) is 0 Å². The number of aromatic amines is 1. The molecule has 2 bridgehead atoms. The second kappa shape index (κ2) is 4.68. The lowest BCUT2D eigenvalue weighted by Gasteiger charge is -2.34. The topological polar surface area (TPSA) is 41.6 Å². The molecule has 0 saturated heterocycles. The van der Waals surface area contributed by atoms with E-state index in [1.807, 2.05) is 6.20 Å². The number of hydrogen-bond acceptors (Lipinski definition) is 2. The molecule has 0 spiro atoms. The summed E-state index contributed by atoms with van der Waals surface area (Å²) in [6.07, 6.45) is 5.64. The van der Waals surface area contributed by atoms with Gasteiger partial charge in [-0.3, -0.25) is 10.1 Å². The lowest BCUT2D eigenvalue weighted by atomic mass is 9.70. The van der Waals surface area contributed by atoms with Crippen molar-refractivity contribution < 1.29 is 0 Å². The fourth-order valence-corrected chi connectivity index (χ4v) is 4.92. The summed E-state index contributed by atoms with van der Waals surface area (Å²) < 4.78 is 0. The van der Waals surface area contributed by atoms with E-state index in [9.17, 15) is 0 Å². The van der Waals surface area contributed by atoms with Crippen molar-refractivity contribution in [1.82, 2.24) is 15.2 Å². The number of pyridine rings is 1. The molecule has 3 heteroatoms. The summed E-state index contributed by atoms with van der Waals surface area (Å²) in [5.74, 6) is 1.27. The van der Waals surface area contributed by atoms with E-state index in [1.165, 1.54) is 29.7 Å². The first-order chi connectivity index (χ1) is 10.8. The van der Waals surface area contributed by atoms with Crippen LogP contribution in [0.3, 0.4) is 0 Å². The van der Waals surface area contributed by atoms with Gasteiger partial charge in [0.15, 0.2) is 0 Å². The molecule has 0 radical (unpaired) electrons. The average Bonchev–Trinajstić information content (AvgIpc) is 3.06. The highest BCUT2D eigenvalue weighted by Crippen LogP contribution is 2.68. The third-order valence-corrected chi connectivity index (χ3v) is 6.64. The van der Waals surface area contributed by atoms with Crippen LogP contribution >= 0.6 is 0 Å². The highest BCUT2D eigenvalue weighted by molar-refractivity contribution is 5.65. The monoisotopic (exact) mass is 309 g/mol. The molecule has 1 fully saturated rings. The third kappa shape index (κ3) is 1.88. The molecule has 1 saturated carbocycles. The number of H-pyrrole nitrogens is 1. The molecule has 3 nitrogen and oxygen atoms in total. The van der Waals surface area contributed by atoms with E-state index in [4.69, 9.17) is 4.98 Å². The summed E-state index contributed by atoms with van der Waals surface area (Å²) in [5, 5.41) is 8.03. The molecule has 0 aromatic carbocycles. The van der Waals surface area contributed by atoms with E-state index in [0.717, 1.165) is 17.8 Å². The Morgan fingerprint density at radius 2 is 2.04 bits per heavy atom. The van der Waals surface area contributed by atoms with Crippen LogP contribution in [0.1, 0.15) is 70.2 Å². The molecule has 0 aliphatic heterocycles. The van der Waals surface area contributed by atoms with Crippen LogP contribution in [0.2, 0.25) is 0 Å². The quantitative estimate of drug-likeness (QED) is 0.881. The Hall–Kier alpha value is -1.64. The summed E-state index contributed by atoms with van der Waals surface area (Å²) >= 11 is 0. The number of aromatic nitrogens is 3. The van der Waals surface area contributed by atoms with Gasteiger partial charge in [-0.2, -0.15) is 5.10 Å². The van der Waals surface area contributed by atoms with Crippen molar-refractivity contribution in [2.45, 2.75) is 65.2 Å². The first-order valence-corrected chi connectivity index (χ1v) is 8.88. The summed E-state index contributed by atoms with van der Waals surface area (Å²) in [6, 6.07) is 4.36. The predicted molar refractivity (Wildman–Crippen MR) is 93.5 cm³/mol. The van der Waals surface area contributed by atoms with Gasteiger partial charge in [0.25, 0.3) is 0 Å². The molecular weight excluding hydrogens is 282 g/mol. The van der Waals surface area contributed by atoms with Gasteiger partial charge in [-0.05, 0) is 48.1 Å². The maximum Gasteiger partial charge on any atom is 0.114 e. The summed E-state index contributed by atoms with van der Waals surface area (Å²) in [5.41, 5.74) is 6.75. The predicted octanol–water partition coefficient (Wildman–Crippen LogP) is 4.85. The Kier molecular flexibility index (Phi) is 3.04. The number of hydrogen-bond donors (Lipinski definition) is 1. The van der Waals surface area contributed by atoms with Crippen molar-refractivity contribution in [1.29, 1.82) is 0 Å². The van der Waals surface area contributed by atoms with Crippen molar-refractivity contribution in [3.8, 4) is 11.4 Å². The van der Waals surface area contributed by atoms with Crippen LogP contribution in [0.15, 0.2) is 18.3 Å². The minimum absolute atomic E-state index is 0.232. The highest BCUT2D eigenvalue weighted by Gasteiger charge is 2.61. The Labute approximate surface area is 138 Å². The van der Waals surface area contributed by atoms with Crippen LogP contribution in [-0.4, -0.2) is 15.2 Å². The van der Waals surface area contributed by atoms with Crippen LogP contribution in [-0.2, 0) is 11.8 Å². The highest BCUT2D eigenvalue weighted by atomic mass is 15.1. The van der Waals surface area contributed by atoms with E-state index in [0.29, 0.717) is 17.3 Å². The van der Waals surface area contributed by atoms with Crippen molar-refractivity contribution in [3.05, 3.63) is 35.2 Å². The number of nitrogens with zero attached hydrogens (tertiary/aromatic N) is 2. The summed E-state index contributed by atoms with van der Waals surface area (Å²) in [4.78, 5) is 4.72. The number of fused-ring (bicyclic) bond motifs is 5. The normalized spacial score (nSPS) is 27.7. The molecule has 2 aromatic heterocycles. The molecule has 0 amide bonds. The fourth-order valence-electron chi connectivity index (χ4n) is 4.92. The van der Waals surface area contributed by atoms with E-state index < -0.39 is 0 Å². The molecular formula is C20H27N3. The average molecular weight is 309 g/mol. The molecule has 2 aliphatic rings. The molecule has 1 N–H and O–H groups in total. The zero-order valence-corrected chi connectivity index (χ0v) is 14.9. The van der Waals surface area contributed by atoms with Crippen LogP contribution in [0.5, 0.6) is 0 Å². The van der Waals surface area contributed by atoms with Crippen molar-refractivity contribution >= 4 is 0 Å². The van der Waals surface area contributed by atoms with Gasteiger partial charge >= 0.3 is 0 Å². The van der Waals surface area contributed by atoms with E-state index in [-0.39, 0.29) is 5.41 Å². The molecule has 4 rings (SSSR count). The van der Waals surface area contributed by atoms with Gasteiger partial charge in [0.05, 0.1) is 5.69 Å². The zero-order valence-electron chi connectivity index (χ0n) is 14.9. The standard InChI is InChI=1S/C20H27N3/c1-12(2)10-13-6-7-15(21-11-13)17-16-14-8-9-20(5,19(14,3)4)18(16)23-22-17/h6-7,11-12,14H,8-10H2,1-5H3,(H,22,23). The zero-order chi connectivity index (χ0) is 16.4. The van der Waals surface area contributed by atoms with Crippen molar-refractivity contribution in [3.63, 3.8) is 0 Å². The molecule has 23 heavy (non-hydrogen) atoms. The maximum absolute atomic E-state index is 4.72. The first kappa shape index (κ1) is 14.9. The Morgan fingerprint density at radius 3 is 2.70 bits per heavy atom. The van der Waals surface area contributed by atoms with E-state index in [1.54, 1.807) is 0 Å². The Bertz CT molecular complexity index is 739. The lowest BCUT2D eigenvalue weighted by molar-refractivity contribution is 0.225. The third-order valence-electron chi connectivity index (χ3n) is 6.64. The molecule has 2 atom stereocenters. The smallest absolute Gasteiger partial charge is 0.114 e. The molecule has 2 heterocycles. The Morgan fingerprint density at radius 1 is 1.26 bits per heavy atom. The minimum atomic E-state index is 0.232. The van der Waals surface area contributed by atoms with Crippen LogP contribution in [0, 0.1) is 11.3 Å². The maximum atomic E-state index is 4.72. The SMILES string of the molecule is CC(C)Cc1ccc(-c2n[nH]c3c2C2CCC3(C)C2(C)C)nc1. The minimum Gasteiger partial charge on any atom is -0.281 e. The van der Waals surface area contributed by atoms with Gasteiger partial charge in [0.1, 0.15) is 5.69 Å². The second-order valence-electron chi connectivity index (χ2n) is 8.66. The summed E-state index contributed by atoms with van der Waals surface area (Å²) in [6.45, 7) is 11.7. The van der Waals surface area contributed by atoms with Gasteiger partial charge in [-0.15, -0.1) is 0 Å². The molecule has 2 aliphatic carbocycles. The van der Waals surface area contributed by atoms with Crippen LogP contribution < -0.4 is 0 Å². The number of rotatable bonds is 3. The van der Waals surface area contributed by atoms with Gasteiger partial charge in [0, 0.05) is 22.9 Å². The van der Waals surface area contributed by atoms with E-state index in [2.05, 4.69) is 56.9 Å². The first-order valence-electron chi connectivity index (χ1n) is 8.88. The summed E-state index contributed by atoms with van der Waals surface area (Å²) in [7, 11) is 0. The number of nitrogens with one attached hydrogen (secondary N) is 1. The fraction of sp³-hybridized carbons (Fsp3) is 0.600. The van der Waals surface area contributed by atoms with Gasteiger partial charge < -0.3 is 0 Å². The van der Waals surface area contributed by atoms with Crippen molar-refractivity contribution in [2.75, 3.05) is 0 Å². The molecule has 2 aromatic rings. The van der Waals surface area contributed by atoms with Crippen molar-refractivity contribution in [2.24, 2.45) is 11.3 Å². The van der Waals surface area contributed by atoms with Gasteiger partial charge in [-0.1, -0.05) is 40.7 Å². The van der Waals surface area contributed by atoms with E-state index >= 15 is 0 Å².